The lowest BCUT2D eigenvalue weighted by molar-refractivity contribution is 0.103. The molecule has 0 N–H and O–H groups in total. The Labute approximate surface area is 161 Å². The molecule has 0 aliphatic rings. The van der Waals surface area contributed by atoms with Crippen LogP contribution in [0, 0.1) is 0 Å². The van der Waals surface area contributed by atoms with Gasteiger partial charge < -0.3 is 18.9 Å². The van der Waals surface area contributed by atoms with Crippen LogP contribution in [0.5, 0.6) is 11.5 Å². The summed E-state index contributed by atoms with van der Waals surface area (Å²) in [5.41, 5.74) is 0.789. The lowest BCUT2D eigenvalue weighted by Gasteiger charge is -2.07. The number of carbonyl (C=O) groups is 3. The van der Waals surface area contributed by atoms with Crippen LogP contribution >= 0.6 is 0 Å². The van der Waals surface area contributed by atoms with Gasteiger partial charge in [-0.1, -0.05) is 25.3 Å². The van der Waals surface area contributed by atoms with E-state index in [1.807, 2.05) is 0 Å². The van der Waals surface area contributed by atoms with Crippen molar-refractivity contribution in [3.8, 4) is 11.5 Å². The van der Waals surface area contributed by atoms with Crippen molar-refractivity contribution in [2.45, 2.75) is 0 Å². The minimum atomic E-state index is -0.860. The number of hydrogen-bond acceptors (Lipinski definition) is 7. The van der Waals surface area contributed by atoms with Crippen LogP contribution in [0.4, 0.5) is 9.59 Å². The molecule has 7 heteroatoms. The predicted molar refractivity (Wildman–Crippen MR) is 101 cm³/mol. The van der Waals surface area contributed by atoms with Crippen LogP contribution in [0.25, 0.3) is 0 Å². The van der Waals surface area contributed by atoms with Gasteiger partial charge in [-0.25, -0.2) is 9.59 Å². The van der Waals surface area contributed by atoms with Gasteiger partial charge in [-0.15, -0.1) is 0 Å². The maximum Gasteiger partial charge on any atom is 0.514 e. The second-order valence-electron chi connectivity index (χ2n) is 5.28. The maximum atomic E-state index is 12.5. The number of hydrogen-bond donors (Lipinski definition) is 0. The van der Waals surface area contributed by atoms with Crippen molar-refractivity contribution in [1.29, 1.82) is 0 Å². The Balaban J connectivity index is 1.97. The summed E-state index contributed by atoms with van der Waals surface area (Å²) >= 11 is 0. The van der Waals surface area contributed by atoms with Crippen molar-refractivity contribution < 1.29 is 33.3 Å². The third kappa shape index (κ3) is 6.14. The Morgan fingerprint density at radius 3 is 1.36 bits per heavy atom. The van der Waals surface area contributed by atoms with E-state index in [4.69, 9.17) is 18.9 Å². The van der Waals surface area contributed by atoms with Crippen LogP contribution in [0.3, 0.4) is 0 Å². The number of carbonyl (C=O) groups excluding carboxylic acids is 3. The molecule has 0 heterocycles. The zero-order valence-corrected chi connectivity index (χ0v) is 15.0. The first-order valence-corrected chi connectivity index (χ1v) is 8.19. The molecule has 0 fully saturated rings. The van der Waals surface area contributed by atoms with E-state index in [-0.39, 0.29) is 30.5 Å². The zero-order chi connectivity index (χ0) is 20.4. The number of rotatable bonds is 8. The van der Waals surface area contributed by atoms with Gasteiger partial charge in [0.2, 0.25) is 0 Å². The first-order valence-electron chi connectivity index (χ1n) is 8.19. The molecule has 0 aliphatic heterocycles. The normalized spacial score (nSPS) is 9.71. The number of ether oxygens (including phenoxy) is 4. The number of ketones is 1. The van der Waals surface area contributed by atoms with E-state index >= 15 is 0 Å². The van der Waals surface area contributed by atoms with Crippen molar-refractivity contribution in [2.75, 3.05) is 13.2 Å². The van der Waals surface area contributed by atoms with E-state index in [1.165, 1.54) is 60.7 Å². The summed E-state index contributed by atoms with van der Waals surface area (Å²) in [5.74, 6) is 0.237. The Kier molecular flexibility index (Phi) is 7.53. The molecular weight excluding hydrogens is 364 g/mol. The second-order valence-corrected chi connectivity index (χ2v) is 5.28. The molecule has 0 amide bonds. The highest BCUT2D eigenvalue weighted by atomic mass is 16.7. The third-order valence-corrected chi connectivity index (χ3v) is 3.27. The molecule has 0 saturated heterocycles. The van der Waals surface area contributed by atoms with E-state index in [0.29, 0.717) is 11.1 Å². The first-order chi connectivity index (χ1) is 13.5. The molecule has 0 aliphatic carbocycles. The molecule has 0 atom stereocenters. The second kappa shape index (κ2) is 10.3. The van der Waals surface area contributed by atoms with Gasteiger partial charge in [-0.2, -0.15) is 0 Å². The van der Waals surface area contributed by atoms with Crippen LogP contribution in [-0.2, 0) is 9.47 Å². The minimum absolute atomic E-state index is 0.0427. The monoisotopic (exact) mass is 382 g/mol. The topological polar surface area (TPSA) is 88.1 Å². The van der Waals surface area contributed by atoms with Crippen LogP contribution in [0.2, 0.25) is 0 Å². The van der Waals surface area contributed by atoms with Crippen LogP contribution in [-0.4, -0.2) is 31.3 Å². The van der Waals surface area contributed by atoms with Gasteiger partial charge in [-0.05, 0) is 48.5 Å². The largest absolute Gasteiger partial charge is 0.514 e. The summed E-state index contributed by atoms with van der Waals surface area (Å²) in [4.78, 5) is 35.2. The van der Waals surface area contributed by atoms with E-state index in [9.17, 15) is 14.4 Å². The lowest BCUT2D eigenvalue weighted by atomic mass is 10.0. The van der Waals surface area contributed by atoms with Gasteiger partial charge in [0.1, 0.15) is 24.7 Å². The molecule has 7 nitrogen and oxygen atoms in total. The predicted octanol–water partition coefficient (Wildman–Crippen LogP) is 4.32. The van der Waals surface area contributed by atoms with Crippen molar-refractivity contribution in [3.05, 3.63) is 85.0 Å². The van der Waals surface area contributed by atoms with E-state index in [0.717, 1.165) is 0 Å². The molecule has 0 spiro atoms. The molecule has 2 aromatic carbocycles. The highest BCUT2D eigenvalue weighted by Crippen LogP contribution is 2.18. The fraction of sp³-hybridized carbons (Fsp3) is 0.0952. The average molecular weight is 382 g/mol. The van der Waals surface area contributed by atoms with E-state index < -0.39 is 12.3 Å². The molecule has 0 unspecified atom stereocenters. The Morgan fingerprint density at radius 1 is 0.679 bits per heavy atom. The molecule has 0 bridgehead atoms. The summed E-state index contributed by atoms with van der Waals surface area (Å²) in [6.45, 7) is 6.94. The SMILES string of the molecule is C=CCOC(=O)Oc1ccc(C(=O)c2ccc(OC(=O)OCC=C)cc2)cc1. The summed E-state index contributed by atoms with van der Waals surface area (Å²) in [7, 11) is 0. The van der Waals surface area contributed by atoms with Gasteiger partial charge in [-0.3, -0.25) is 4.79 Å². The summed E-state index contributed by atoms with van der Waals surface area (Å²) in [6, 6.07) is 12.0. The Morgan fingerprint density at radius 2 is 1.04 bits per heavy atom. The molecular formula is C21H18O7. The molecule has 2 rings (SSSR count). The van der Waals surface area contributed by atoms with Crippen LogP contribution < -0.4 is 9.47 Å². The Bertz CT molecular complexity index is 780. The summed E-state index contributed by atoms with van der Waals surface area (Å²) in [5, 5.41) is 0. The minimum Gasteiger partial charge on any atom is -0.430 e. The van der Waals surface area contributed by atoms with Gasteiger partial charge in [0, 0.05) is 11.1 Å². The highest BCUT2D eigenvalue weighted by Gasteiger charge is 2.12. The van der Waals surface area contributed by atoms with Gasteiger partial charge in [0.25, 0.3) is 0 Å². The number of benzene rings is 2. The van der Waals surface area contributed by atoms with Crippen molar-refractivity contribution in [3.63, 3.8) is 0 Å². The maximum absolute atomic E-state index is 12.5. The Hall–Kier alpha value is -3.87. The van der Waals surface area contributed by atoms with Crippen LogP contribution in [0.1, 0.15) is 15.9 Å². The van der Waals surface area contributed by atoms with Crippen molar-refractivity contribution >= 4 is 18.1 Å². The third-order valence-electron chi connectivity index (χ3n) is 3.27. The quantitative estimate of drug-likeness (QED) is 0.291. The smallest absolute Gasteiger partial charge is 0.430 e. The molecule has 0 saturated carbocycles. The zero-order valence-electron chi connectivity index (χ0n) is 15.0. The highest BCUT2D eigenvalue weighted by molar-refractivity contribution is 6.09. The van der Waals surface area contributed by atoms with E-state index in [2.05, 4.69) is 13.2 Å². The molecule has 0 radical (unpaired) electrons. The van der Waals surface area contributed by atoms with Crippen molar-refractivity contribution in [2.24, 2.45) is 0 Å². The average Bonchev–Trinajstić information content (AvgIpc) is 2.71. The summed E-state index contributed by atoms with van der Waals surface area (Å²) in [6.07, 6.45) is 1.12. The molecule has 28 heavy (non-hydrogen) atoms. The fourth-order valence-corrected chi connectivity index (χ4v) is 2.02. The standard InChI is InChI=1S/C21H18O7/c1-3-13-25-20(23)27-17-9-5-15(6-10-17)19(22)16-7-11-18(12-8-16)28-21(24)26-14-4-2/h3-12H,1-2,13-14H2. The fourth-order valence-electron chi connectivity index (χ4n) is 2.02. The van der Waals surface area contributed by atoms with E-state index in [1.54, 1.807) is 0 Å². The van der Waals surface area contributed by atoms with Gasteiger partial charge in [0.05, 0.1) is 0 Å². The van der Waals surface area contributed by atoms with Crippen molar-refractivity contribution in [1.82, 2.24) is 0 Å². The lowest BCUT2D eigenvalue weighted by Crippen LogP contribution is -2.11. The van der Waals surface area contributed by atoms with Gasteiger partial charge in [0.15, 0.2) is 5.78 Å². The molecule has 144 valence electrons. The van der Waals surface area contributed by atoms with Crippen LogP contribution in [0.15, 0.2) is 73.8 Å². The molecule has 2 aromatic rings. The first kappa shape index (κ1) is 20.4. The summed E-state index contributed by atoms with van der Waals surface area (Å²) < 4.78 is 19.3. The molecule has 0 aromatic heterocycles. The van der Waals surface area contributed by atoms with Gasteiger partial charge >= 0.3 is 12.3 Å².